The molecule has 7 nitrogen and oxygen atoms in total. The summed E-state index contributed by atoms with van der Waals surface area (Å²) in [7, 11) is 0. The Kier molecular flexibility index (Phi) is 9.38. The predicted molar refractivity (Wildman–Crippen MR) is 128 cm³/mol. The lowest BCUT2D eigenvalue weighted by atomic mass is 10.0. The van der Waals surface area contributed by atoms with Gasteiger partial charge in [0.05, 0.1) is 0 Å². The van der Waals surface area contributed by atoms with Crippen LogP contribution >= 0.6 is 0 Å². The molecule has 0 radical (unpaired) electrons. The second-order valence-corrected chi connectivity index (χ2v) is 8.97. The molecular weight excluding hydrogens is 402 g/mol. The van der Waals surface area contributed by atoms with E-state index >= 15 is 0 Å². The highest BCUT2D eigenvalue weighted by Gasteiger charge is 2.29. The maximum Gasteiger partial charge on any atom is 0.224 e. The van der Waals surface area contributed by atoms with Gasteiger partial charge in [-0.3, -0.25) is 14.6 Å². The average molecular weight is 442 g/mol. The van der Waals surface area contributed by atoms with E-state index in [2.05, 4.69) is 29.7 Å². The van der Waals surface area contributed by atoms with Gasteiger partial charge in [-0.05, 0) is 45.1 Å². The zero-order valence-electron chi connectivity index (χ0n) is 19.7. The third-order valence-electron chi connectivity index (χ3n) is 6.41. The first-order valence-corrected chi connectivity index (χ1v) is 12.2. The van der Waals surface area contributed by atoms with Crippen molar-refractivity contribution < 1.29 is 9.59 Å². The Balaban J connectivity index is 1.42. The zero-order valence-corrected chi connectivity index (χ0v) is 19.7. The van der Waals surface area contributed by atoms with Crippen molar-refractivity contribution in [1.29, 1.82) is 0 Å². The number of hydrogen-bond donors (Lipinski definition) is 2. The van der Waals surface area contributed by atoms with E-state index in [1.54, 1.807) is 0 Å². The molecule has 2 heterocycles. The van der Waals surface area contributed by atoms with Crippen molar-refractivity contribution in [2.24, 2.45) is 10.9 Å². The molecule has 0 bridgehead atoms. The molecule has 1 aromatic carbocycles. The molecule has 2 N–H and O–H groups in total. The minimum Gasteiger partial charge on any atom is -0.357 e. The largest absolute Gasteiger partial charge is 0.357 e. The van der Waals surface area contributed by atoms with Crippen molar-refractivity contribution in [3.63, 3.8) is 0 Å². The molecule has 0 aromatic heterocycles. The second-order valence-electron chi connectivity index (χ2n) is 8.97. The molecule has 2 amide bonds. The SMILES string of the molecule is CCNC(=NCC1CC(=O)N(CCc2ccccc2)C1)NCCC(=O)N1CCCCC1C. The number of aliphatic imine (C=N–C) groups is 1. The Morgan fingerprint density at radius 3 is 2.75 bits per heavy atom. The first-order chi connectivity index (χ1) is 15.6. The van der Waals surface area contributed by atoms with Gasteiger partial charge >= 0.3 is 0 Å². The van der Waals surface area contributed by atoms with Gasteiger partial charge in [-0.25, -0.2) is 0 Å². The normalized spacial score (nSPS) is 21.7. The molecule has 0 spiro atoms. The van der Waals surface area contributed by atoms with Crippen molar-refractivity contribution >= 4 is 17.8 Å². The maximum atomic E-state index is 12.5. The molecule has 2 aliphatic rings. The predicted octanol–water partition coefficient (Wildman–Crippen LogP) is 2.42. The lowest BCUT2D eigenvalue weighted by Gasteiger charge is -2.33. The van der Waals surface area contributed by atoms with Crippen molar-refractivity contribution in [2.75, 3.05) is 39.3 Å². The monoisotopic (exact) mass is 441 g/mol. The van der Waals surface area contributed by atoms with Gasteiger partial charge in [0.1, 0.15) is 0 Å². The van der Waals surface area contributed by atoms with E-state index in [-0.39, 0.29) is 17.7 Å². The molecule has 0 saturated carbocycles. The Morgan fingerprint density at radius 2 is 2.00 bits per heavy atom. The van der Waals surface area contributed by atoms with Crippen molar-refractivity contribution in [2.45, 2.75) is 58.4 Å². The van der Waals surface area contributed by atoms with Gasteiger partial charge in [0, 0.05) is 64.1 Å². The summed E-state index contributed by atoms with van der Waals surface area (Å²) in [5, 5.41) is 6.54. The first kappa shape index (κ1) is 24.1. The van der Waals surface area contributed by atoms with Crippen LogP contribution in [0.15, 0.2) is 35.3 Å². The van der Waals surface area contributed by atoms with Gasteiger partial charge in [-0.1, -0.05) is 30.3 Å². The van der Waals surface area contributed by atoms with E-state index in [0.717, 1.165) is 51.4 Å². The lowest BCUT2D eigenvalue weighted by Crippen LogP contribution is -2.44. The van der Waals surface area contributed by atoms with E-state index in [1.807, 2.05) is 34.9 Å². The Hall–Kier alpha value is -2.57. The number of amides is 2. The van der Waals surface area contributed by atoms with Gasteiger partial charge in [-0.2, -0.15) is 0 Å². The minimum atomic E-state index is 0.219. The summed E-state index contributed by atoms with van der Waals surface area (Å²) in [5.74, 6) is 1.41. The lowest BCUT2D eigenvalue weighted by molar-refractivity contribution is -0.134. The Labute approximate surface area is 192 Å². The summed E-state index contributed by atoms with van der Waals surface area (Å²) in [4.78, 5) is 33.6. The van der Waals surface area contributed by atoms with Crippen molar-refractivity contribution in [3.8, 4) is 0 Å². The number of guanidine groups is 1. The van der Waals surface area contributed by atoms with Crippen LogP contribution < -0.4 is 10.6 Å². The summed E-state index contributed by atoms with van der Waals surface area (Å²) < 4.78 is 0. The van der Waals surface area contributed by atoms with Crippen LogP contribution in [0.1, 0.15) is 51.5 Å². The number of carbonyl (C=O) groups is 2. The maximum absolute atomic E-state index is 12.5. The van der Waals surface area contributed by atoms with Crippen LogP contribution in [0.3, 0.4) is 0 Å². The van der Waals surface area contributed by atoms with Gasteiger partial charge < -0.3 is 20.4 Å². The highest BCUT2D eigenvalue weighted by molar-refractivity contribution is 5.82. The van der Waals surface area contributed by atoms with Crippen LogP contribution in [0.2, 0.25) is 0 Å². The van der Waals surface area contributed by atoms with Crippen LogP contribution in [0.25, 0.3) is 0 Å². The van der Waals surface area contributed by atoms with E-state index < -0.39 is 0 Å². The minimum absolute atomic E-state index is 0.219. The zero-order chi connectivity index (χ0) is 22.8. The number of hydrogen-bond acceptors (Lipinski definition) is 3. The van der Waals surface area contributed by atoms with E-state index in [1.165, 1.54) is 12.0 Å². The third-order valence-corrected chi connectivity index (χ3v) is 6.41. The molecule has 2 unspecified atom stereocenters. The summed E-state index contributed by atoms with van der Waals surface area (Å²) >= 11 is 0. The number of benzene rings is 1. The summed E-state index contributed by atoms with van der Waals surface area (Å²) in [6, 6.07) is 10.6. The standard InChI is InChI=1S/C25H39N5O2/c1-3-26-25(27-14-12-23(31)30-15-8-7-9-20(30)2)28-18-22-17-24(32)29(19-22)16-13-21-10-5-4-6-11-21/h4-6,10-11,20,22H,3,7-9,12-19H2,1-2H3,(H2,26,27,28). The highest BCUT2D eigenvalue weighted by atomic mass is 16.2. The Bertz CT molecular complexity index is 767. The molecule has 3 rings (SSSR count). The third kappa shape index (κ3) is 7.24. The summed E-state index contributed by atoms with van der Waals surface area (Å²) in [6.45, 7) is 8.52. The smallest absolute Gasteiger partial charge is 0.224 e. The molecule has 7 heteroatoms. The number of likely N-dealkylation sites (tertiary alicyclic amines) is 2. The average Bonchev–Trinajstić information content (AvgIpc) is 3.16. The quantitative estimate of drug-likeness (QED) is 0.456. The van der Waals surface area contributed by atoms with Crippen LogP contribution in [-0.2, 0) is 16.0 Å². The second kappa shape index (κ2) is 12.5. The van der Waals surface area contributed by atoms with Crippen LogP contribution in [0, 0.1) is 5.92 Å². The fourth-order valence-corrected chi connectivity index (χ4v) is 4.56. The number of nitrogens with one attached hydrogen (secondary N) is 2. The van der Waals surface area contributed by atoms with Gasteiger partial charge in [0.15, 0.2) is 5.96 Å². The topological polar surface area (TPSA) is 77.0 Å². The molecule has 32 heavy (non-hydrogen) atoms. The van der Waals surface area contributed by atoms with Crippen LogP contribution in [0.5, 0.6) is 0 Å². The number of rotatable bonds is 9. The molecule has 0 aliphatic carbocycles. The van der Waals surface area contributed by atoms with Gasteiger partial charge in [0.2, 0.25) is 11.8 Å². The number of nitrogens with zero attached hydrogens (tertiary/aromatic N) is 3. The highest BCUT2D eigenvalue weighted by Crippen LogP contribution is 2.19. The van der Waals surface area contributed by atoms with Gasteiger partial charge in [-0.15, -0.1) is 0 Å². The van der Waals surface area contributed by atoms with Crippen molar-refractivity contribution in [1.82, 2.24) is 20.4 Å². The van der Waals surface area contributed by atoms with Gasteiger partial charge in [0.25, 0.3) is 0 Å². The fraction of sp³-hybridized carbons (Fsp3) is 0.640. The summed E-state index contributed by atoms with van der Waals surface area (Å²) in [5.41, 5.74) is 1.26. The summed E-state index contributed by atoms with van der Waals surface area (Å²) in [6.07, 6.45) is 5.35. The molecule has 2 saturated heterocycles. The number of piperidine rings is 1. The molecule has 2 aliphatic heterocycles. The van der Waals surface area contributed by atoms with E-state index in [4.69, 9.17) is 4.99 Å². The molecular formula is C25H39N5O2. The Morgan fingerprint density at radius 1 is 1.19 bits per heavy atom. The number of carbonyl (C=O) groups excluding carboxylic acids is 2. The molecule has 2 fully saturated rings. The van der Waals surface area contributed by atoms with E-state index in [0.29, 0.717) is 32.0 Å². The molecule has 1 aromatic rings. The van der Waals surface area contributed by atoms with Crippen molar-refractivity contribution in [3.05, 3.63) is 35.9 Å². The van der Waals surface area contributed by atoms with E-state index in [9.17, 15) is 9.59 Å². The van der Waals surface area contributed by atoms with Crippen LogP contribution in [-0.4, -0.2) is 72.9 Å². The first-order valence-electron chi connectivity index (χ1n) is 12.2. The van der Waals surface area contributed by atoms with Crippen LogP contribution in [0.4, 0.5) is 0 Å². The molecule has 176 valence electrons. The molecule has 2 atom stereocenters. The fourth-order valence-electron chi connectivity index (χ4n) is 4.56.